The first-order chi connectivity index (χ1) is 20.8. The molecule has 2 aromatic carbocycles. The lowest BCUT2D eigenvalue weighted by Crippen LogP contribution is -2.42. The molecule has 0 aliphatic carbocycles. The van der Waals surface area contributed by atoms with Gasteiger partial charge >= 0.3 is 17.9 Å². The fraction of sp³-hybridized carbons (Fsp3) is 0.438. The number of hydrogen-bond donors (Lipinski definition) is 1. The van der Waals surface area contributed by atoms with Gasteiger partial charge in [-0.2, -0.15) is 0 Å². The number of anilines is 1. The minimum atomic E-state index is -0.994. The molecule has 0 fully saturated rings. The topological polar surface area (TPSA) is 146 Å². The first kappa shape index (κ1) is 33.8. The molecular formula is C32H40N4O8. The number of carbonyl (C=O) groups excluding carboxylic acids is 4. The van der Waals surface area contributed by atoms with Crippen LogP contribution in [0.4, 0.5) is 5.69 Å². The van der Waals surface area contributed by atoms with Crippen LogP contribution in [0.1, 0.15) is 63.4 Å². The largest absolute Gasteiger partial charge is 0.466 e. The molecule has 0 aliphatic heterocycles. The van der Waals surface area contributed by atoms with Gasteiger partial charge in [-0.15, -0.1) is 0 Å². The molecule has 0 aliphatic rings. The Morgan fingerprint density at radius 1 is 0.977 bits per heavy atom. The Labute approximate surface area is 256 Å². The van der Waals surface area contributed by atoms with Gasteiger partial charge in [-0.05, 0) is 83.0 Å². The first-order valence-corrected chi connectivity index (χ1v) is 14.4. The van der Waals surface area contributed by atoms with E-state index in [1.54, 1.807) is 71.0 Å². The van der Waals surface area contributed by atoms with Gasteiger partial charge in [0.2, 0.25) is 0 Å². The lowest BCUT2D eigenvalue weighted by molar-refractivity contribution is -0.157. The SMILES string of the molecule is CCOC(=O)CC[C@@H](NC(=O)c1ccc(N(C)Cc2ccc3ncn(COC(=O)C(C)(C)C)c(=O)c3c2)cc1)C(=O)OCC. The maximum Gasteiger partial charge on any atom is 0.328 e. The van der Waals surface area contributed by atoms with E-state index in [0.717, 1.165) is 11.3 Å². The number of fused-ring (bicyclic) bond motifs is 1. The molecule has 1 aromatic heterocycles. The molecule has 12 nitrogen and oxygen atoms in total. The third-order valence-corrected chi connectivity index (χ3v) is 6.64. The molecule has 12 heteroatoms. The number of ether oxygens (including phenoxy) is 3. The molecule has 1 amide bonds. The third kappa shape index (κ3) is 9.13. The normalized spacial score (nSPS) is 11.9. The van der Waals surface area contributed by atoms with Crippen molar-refractivity contribution in [2.75, 3.05) is 25.2 Å². The average molecular weight is 609 g/mol. The summed E-state index contributed by atoms with van der Waals surface area (Å²) in [5.41, 5.74) is 1.51. The lowest BCUT2D eigenvalue weighted by atomic mass is 9.98. The molecular weight excluding hydrogens is 568 g/mol. The number of rotatable bonds is 13. The van der Waals surface area contributed by atoms with Crippen molar-refractivity contribution in [1.29, 1.82) is 0 Å². The van der Waals surface area contributed by atoms with E-state index in [9.17, 15) is 24.0 Å². The molecule has 3 rings (SSSR count). The zero-order valence-electron chi connectivity index (χ0n) is 26.0. The monoisotopic (exact) mass is 608 g/mol. The summed E-state index contributed by atoms with van der Waals surface area (Å²) in [5.74, 6) is -1.98. The Morgan fingerprint density at radius 2 is 1.66 bits per heavy atom. The van der Waals surface area contributed by atoms with Crippen molar-refractivity contribution in [3.05, 3.63) is 70.3 Å². The number of nitrogens with zero attached hydrogens (tertiary/aromatic N) is 3. The van der Waals surface area contributed by atoms with Gasteiger partial charge in [-0.3, -0.25) is 23.7 Å². The number of nitrogens with one attached hydrogen (secondary N) is 1. The van der Waals surface area contributed by atoms with Gasteiger partial charge < -0.3 is 24.4 Å². The minimum absolute atomic E-state index is 0.0370. The Bertz CT molecular complexity index is 1540. The van der Waals surface area contributed by atoms with Crippen LogP contribution in [0.5, 0.6) is 0 Å². The summed E-state index contributed by atoms with van der Waals surface area (Å²) in [4.78, 5) is 68.5. The summed E-state index contributed by atoms with van der Waals surface area (Å²) in [6.45, 7) is 9.15. The molecule has 0 radical (unpaired) electrons. The Morgan fingerprint density at radius 3 is 2.30 bits per heavy atom. The Kier molecular flexibility index (Phi) is 11.6. The van der Waals surface area contributed by atoms with Crippen LogP contribution in [0.25, 0.3) is 10.9 Å². The van der Waals surface area contributed by atoms with Gasteiger partial charge in [0.1, 0.15) is 12.4 Å². The van der Waals surface area contributed by atoms with Crippen molar-refractivity contribution in [1.82, 2.24) is 14.9 Å². The number of hydrogen-bond acceptors (Lipinski definition) is 10. The molecule has 0 saturated carbocycles. The van der Waals surface area contributed by atoms with Crippen molar-refractivity contribution in [2.45, 2.75) is 66.8 Å². The molecule has 44 heavy (non-hydrogen) atoms. The van der Waals surface area contributed by atoms with Crippen molar-refractivity contribution in [2.24, 2.45) is 5.41 Å². The van der Waals surface area contributed by atoms with E-state index in [0.29, 0.717) is 23.0 Å². The maximum atomic E-state index is 13.1. The van der Waals surface area contributed by atoms with E-state index >= 15 is 0 Å². The van der Waals surface area contributed by atoms with Crippen LogP contribution in [-0.2, 0) is 41.9 Å². The summed E-state index contributed by atoms with van der Waals surface area (Å²) >= 11 is 0. The first-order valence-electron chi connectivity index (χ1n) is 14.4. The molecule has 0 unspecified atom stereocenters. The Balaban J connectivity index is 1.68. The van der Waals surface area contributed by atoms with Crippen LogP contribution in [0.2, 0.25) is 0 Å². The highest BCUT2D eigenvalue weighted by Gasteiger charge is 2.25. The molecule has 1 atom stereocenters. The highest BCUT2D eigenvalue weighted by Crippen LogP contribution is 2.19. The van der Waals surface area contributed by atoms with Crippen molar-refractivity contribution in [3.8, 4) is 0 Å². The third-order valence-electron chi connectivity index (χ3n) is 6.64. The van der Waals surface area contributed by atoms with Crippen molar-refractivity contribution >= 4 is 40.4 Å². The zero-order valence-corrected chi connectivity index (χ0v) is 26.0. The van der Waals surface area contributed by atoms with Crippen molar-refractivity contribution < 1.29 is 33.4 Å². The molecule has 1 N–H and O–H groups in total. The Hall–Kier alpha value is -4.74. The molecule has 236 valence electrons. The number of benzene rings is 2. The van der Waals surface area contributed by atoms with Gasteiger partial charge in [0.15, 0.2) is 6.73 Å². The summed E-state index contributed by atoms with van der Waals surface area (Å²) in [7, 11) is 1.87. The lowest BCUT2D eigenvalue weighted by Gasteiger charge is -2.20. The van der Waals surface area contributed by atoms with Crippen LogP contribution in [0.15, 0.2) is 53.6 Å². The van der Waals surface area contributed by atoms with Crippen LogP contribution < -0.4 is 15.8 Å². The molecule has 3 aromatic rings. The maximum absolute atomic E-state index is 13.1. The van der Waals surface area contributed by atoms with Gasteiger partial charge in [-0.1, -0.05) is 6.07 Å². The summed E-state index contributed by atoms with van der Waals surface area (Å²) in [6.07, 6.45) is 1.38. The zero-order chi connectivity index (χ0) is 32.4. The average Bonchev–Trinajstić information content (AvgIpc) is 2.98. The fourth-order valence-corrected chi connectivity index (χ4v) is 4.20. The smallest absolute Gasteiger partial charge is 0.328 e. The van der Waals surface area contributed by atoms with Crippen LogP contribution >= 0.6 is 0 Å². The van der Waals surface area contributed by atoms with E-state index < -0.39 is 35.3 Å². The van der Waals surface area contributed by atoms with E-state index in [2.05, 4.69) is 10.3 Å². The van der Waals surface area contributed by atoms with Gasteiger partial charge in [0.05, 0.1) is 29.5 Å². The summed E-state index contributed by atoms with van der Waals surface area (Å²) in [6, 6.07) is 11.2. The number of carbonyl (C=O) groups is 4. The number of esters is 3. The highest BCUT2D eigenvalue weighted by molar-refractivity contribution is 5.97. The molecule has 0 bridgehead atoms. The van der Waals surface area contributed by atoms with Crippen LogP contribution in [0, 0.1) is 5.41 Å². The second kappa shape index (κ2) is 15.1. The van der Waals surface area contributed by atoms with Crippen LogP contribution in [-0.4, -0.2) is 59.7 Å². The molecule has 0 spiro atoms. The second-order valence-electron chi connectivity index (χ2n) is 11.2. The predicted octanol–water partition coefficient (Wildman–Crippen LogP) is 3.58. The van der Waals surface area contributed by atoms with Gasteiger partial charge in [0.25, 0.3) is 11.5 Å². The summed E-state index contributed by atoms with van der Waals surface area (Å²) < 4.78 is 16.5. The van der Waals surface area contributed by atoms with Gasteiger partial charge in [0, 0.05) is 31.3 Å². The predicted molar refractivity (Wildman–Crippen MR) is 164 cm³/mol. The quantitative estimate of drug-likeness (QED) is 0.226. The standard InChI is InChI=1S/C32H40N4O8/c1-7-42-27(37)16-15-26(30(40)43-8-2)34-28(38)22-10-12-23(13-11-22)35(6)18-21-9-14-25-24(17-21)29(39)36(19-33-25)20-44-31(41)32(3,4)5/h9-14,17,19,26H,7-8,15-16,18,20H2,1-6H3,(H,34,38)/t26-/m1/s1. The van der Waals surface area contributed by atoms with Crippen molar-refractivity contribution in [3.63, 3.8) is 0 Å². The molecule has 1 heterocycles. The fourth-order valence-electron chi connectivity index (χ4n) is 4.20. The highest BCUT2D eigenvalue weighted by atomic mass is 16.5. The van der Waals surface area contributed by atoms with E-state index in [1.165, 1.54) is 10.9 Å². The van der Waals surface area contributed by atoms with Crippen LogP contribution in [0.3, 0.4) is 0 Å². The van der Waals surface area contributed by atoms with E-state index in [1.807, 2.05) is 18.0 Å². The minimum Gasteiger partial charge on any atom is -0.466 e. The van der Waals surface area contributed by atoms with Gasteiger partial charge in [-0.25, -0.2) is 9.78 Å². The number of amides is 1. The molecule has 0 saturated heterocycles. The second-order valence-corrected chi connectivity index (χ2v) is 11.2. The van der Waals surface area contributed by atoms with E-state index in [-0.39, 0.29) is 38.3 Å². The number of aromatic nitrogens is 2. The van der Waals surface area contributed by atoms with E-state index in [4.69, 9.17) is 14.2 Å². The summed E-state index contributed by atoms with van der Waals surface area (Å²) in [5, 5.41) is 3.05.